The van der Waals surface area contributed by atoms with Gasteiger partial charge in [-0.15, -0.1) is 0 Å². The van der Waals surface area contributed by atoms with Gasteiger partial charge in [-0.05, 0) is 25.1 Å². The van der Waals surface area contributed by atoms with E-state index in [0.29, 0.717) is 46.9 Å². The van der Waals surface area contributed by atoms with Gasteiger partial charge in [-0.2, -0.15) is 0 Å². The summed E-state index contributed by atoms with van der Waals surface area (Å²) in [5, 5.41) is 4.53. The third-order valence-corrected chi connectivity index (χ3v) is 3.79. The van der Waals surface area contributed by atoms with Gasteiger partial charge in [0.05, 0.1) is 28.9 Å². The number of pyridine rings is 1. The lowest BCUT2D eigenvalue weighted by atomic mass is 10.1. The summed E-state index contributed by atoms with van der Waals surface area (Å²) in [6.07, 6.45) is 1.45. The summed E-state index contributed by atoms with van der Waals surface area (Å²) in [5.74, 6) is -0.266. The number of fused-ring (bicyclic) bond motifs is 2. The zero-order chi connectivity index (χ0) is 16.0. The smallest absolute Gasteiger partial charge is 0.260 e. The summed E-state index contributed by atoms with van der Waals surface area (Å²) in [6, 6.07) is 5.83. The SMILES string of the molecule is Cc1noc2ncc(C(=O)N3CCOc4cc(F)ccc43)cc12. The highest BCUT2D eigenvalue weighted by Crippen LogP contribution is 2.33. The number of carbonyl (C=O) groups excluding carboxylic acids is 1. The van der Waals surface area contributed by atoms with Crippen LogP contribution >= 0.6 is 0 Å². The van der Waals surface area contributed by atoms with Crippen LogP contribution in [0.15, 0.2) is 35.0 Å². The molecule has 3 aromatic rings. The standard InChI is InChI=1S/C16H12FN3O3/c1-9-12-6-10(8-18-15(12)23-19-9)16(21)20-4-5-22-14-7-11(17)2-3-13(14)20/h2-3,6-8H,4-5H2,1H3. The Morgan fingerprint density at radius 2 is 2.22 bits per heavy atom. The molecule has 0 fully saturated rings. The molecule has 6 nitrogen and oxygen atoms in total. The first-order chi connectivity index (χ1) is 11.1. The van der Waals surface area contributed by atoms with E-state index in [-0.39, 0.29) is 5.91 Å². The maximum atomic E-state index is 13.3. The van der Waals surface area contributed by atoms with Gasteiger partial charge in [0, 0.05) is 12.3 Å². The maximum absolute atomic E-state index is 13.3. The number of rotatable bonds is 1. The molecule has 0 saturated carbocycles. The monoisotopic (exact) mass is 313 g/mol. The number of benzene rings is 1. The van der Waals surface area contributed by atoms with E-state index in [1.165, 1.54) is 18.3 Å². The third kappa shape index (κ3) is 2.21. The van der Waals surface area contributed by atoms with E-state index < -0.39 is 5.82 Å². The van der Waals surface area contributed by atoms with Crippen LogP contribution in [0.1, 0.15) is 16.1 Å². The zero-order valence-electron chi connectivity index (χ0n) is 12.2. The van der Waals surface area contributed by atoms with Gasteiger partial charge in [0.25, 0.3) is 11.6 Å². The summed E-state index contributed by atoms with van der Waals surface area (Å²) in [7, 11) is 0. The number of carbonyl (C=O) groups is 1. The minimum absolute atomic E-state index is 0.226. The number of aryl methyl sites for hydroxylation is 1. The van der Waals surface area contributed by atoms with E-state index in [1.54, 1.807) is 24.0 Å². The molecule has 1 aliphatic rings. The Bertz CT molecular complexity index is 922. The predicted octanol–water partition coefficient (Wildman–Crippen LogP) is 2.71. The van der Waals surface area contributed by atoms with E-state index >= 15 is 0 Å². The molecule has 4 rings (SSSR count). The average molecular weight is 313 g/mol. The van der Waals surface area contributed by atoms with Crippen molar-refractivity contribution in [2.45, 2.75) is 6.92 Å². The van der Waals surface area contributed by atoms with Crippen molar-refractivity contribution in [2.75, 3.05) is 18.1 Å². The van der Waals surface area contributed by atoms with Crippen LogP contribution in [-0.2, 0) is 0 Å². The minimum Gasteiger partial charge on any atom is -0.489 e. The Morgan fingerprint density at radius 3 is 3.09 bits per heavy atom. The number of nitrogens with zero attached hydrogens (tertiary/aromatic N) is 3. The van der Waals surface area contributed by atoms with Gasteiger partial charge in [-0.3, -0.25) is 4.79 Å². The number of amides is 1. The fourth-order valence-corrected chi connectivity index (χ4v) is 2.62. The molecule has 1 amide bonds. The highest BCUT2D eigenvalue weighted by molar-refractivity contribution is 6.08. The molecule has 0 N–H and O–H groups in total. The Kier molecular flexibility index (Phi) is 3.00. The molecular weight excluding hydrogens is 301 g/mol. The molecule has 0 aliphatic carbocycles. The highest BCUT2D eigenvalue weighted by atomic mass is 19.1. The molecule has 7 heteroatoms. The van der Waals surface area contributed by atoms with Gasteiger partial charge < -0.3 is 14.2 Å². The zero-order valence-corrected chi connectivity index (χ0v) is 12.2. The van der Waals surface area contributed by atoms with E-state index in [0.717, 1.165) is 0 Å². The average Bonchev–Trinajstić information content (AvgIpc) is 2.94. The molecule has 0 radical (unpaired) electrons. The summed E-state index contributed by atoms with van der Waals surface area (Å²) in [6.45, 7) is 2.48. The van der Waals surface area contributed by atoms with E-state index in [4.69, 9.17) is 9.26 Å². The first kappa shape index (κ1) is 13.7. The number of hydrogen-bond donors (Lipinski definition) is 0. The molecule has 116 valence electrons. The number of halogens is 1. The molecule has 0 bridgehead atoms. The lowest BCUT2D eigenvalue weighted by molar-refractivity contribution is 0.0976. The second kappa shape index (κ2) is 5.05. The van der Waals surface area contributed by atoms with Crippen molar-refractivity contribution in [1.82, 2.24) is 10.1 Å². The van der Waals surface area contributed by atoms with Crippen molar-refractivity contribution in [2.24, 2.45) is 0 Å². The van der Waals surface area contributed by atoms with Gasteiger partial charge in [0.2, 0.25) is 0 Å². The van der Waals surface area contributed by atoms with Crippen molar-refractivity contribution >= 4 is 22.7 Å². The summed E-state index contributed by atoms with van der Waals surface area (Å²) >= 11 is 0. The molecule has 0 saturated heterocycles. The molecule has 0 atom stereocenters. The van der Waals surface area contributed by atoms with Crippen LogP contribution in [0, 0.1) is 12.7 Å². The summed E-state index contributed by atoms with van der Waals surface area (Å²) in [4.78, 5) is 18.5. The van der Waals surface area contributed by atoms with Gasteiger partial charge in [-0.1, -0.05) is 5.16 Å². The van der Waals surface area contributed by atoms with E-state index in [9.17, 15) is 9.18 Å². The van der Waals surface area contributed by atoms with Crippen LogP contribution in [0.25, 0.3) is 11.1 Å². The van der Waals surface area contributed by atoms with Crippen LogP contribution < -0.4 is 9.64 Å². The predicted molar refractivity (Wildman–Crippen MR) is 80.1 cm³/mol. The van der Waals surface area contributed by atoms with Gasteiger partial charge in [0.1, 0.15) is 18.2 Å². The minimum atomic E-state index is -0.402. The van der Waals surface area contributed by atoms with Gasteiger partial charge >= 0.3 is 0 Å². The Morgan fingerprint density at radius 1 is 1.35 bits per heavy atom. The number of ether oxygens (including phenoxy) is 1. The molecule has 23 heavy (non-hydrogen) atoms. The van der Waals surface area contributed by atoms with E-state index in [1.807, 2.05) is 0 Å². The number of anilines is 1. The molecule has 0 spiro atoms. The quantitative estimate of drug-likeness (QED) is 0.691. The topological polar surface area (TPSA) is 68.5 Å². The van der Waals surface area contributed by atoms with Crippen molar-refractivity contribution in [1.29, 1.82) is 0 Å². The fraction of sp³-hybridized carbons (Fsp3) is 0.188. The molecule has 2 aromatic heterocycles. The first-order valence-corrected chi connectivity index (χ1v) is 7.10. The van der Waals surface area contributed by atoms with Crippen LogP contribution in [0.5, 0.6) is 5.75 Å². The number of aromatic nitrogens is 2. The lowest BCUT2D eigenvalue weighted by Crippen LogP contribution is -2.38. The highest BCUT2D eigenvalue weighted by Gasteiger charge is 2.26. The lowest BCUT2D eigenvalue weighted by Gasteiger charge is -2.29. The number of hydrogen-bond acceptors (Lipinski definition) is 5. The van der Waals surface area contributed by atoms with E-state index in [2.05, 4.69) is 10.1 Å². The normalized spacial score (nSPS) is 13.7. The van der Waals surface area contributed by atoms with Crippen LogP contribution in [0.4, 0.5) is 10.1 Å². The largest absolute Gasteiger partial charge is 0.489 e. The molecular formula is C16H12FN3O3. The molecule has 3 heterocycles. The molecule has 0 unspecified atom stereocenters. The van der Waals surface area contributed by atoms with Crippen molar-refractivity contribution in [3.05, 3.63) is 47.5 Å². The Balaban J connectivity index is 1.75. The van der Waals surface area contributed by atoms with Crippen molar-refractivity contribution < 1.29 is 18.4 Å². The van der Waals surface area contributed by atoms with Crippen molar-refractivity contribution in [3.63, 3.8) is 0 Å². The molecule has 1 aromatic carbocycles. The van der Waals surface area contributed by atoms with Crippen molar-refractivity contribution in [3.8, 4) is 5.75 Å². The second-order valence-corrected chi connectivity index (χ2v) is 5.26. The van der Waals surface area contributed by atoms with Gasteiger partial charge in [-0.25, -0.2) is 9.37 Å². The second-order valence-electron chi connectivity index (χ2n) is 5.26. The van der Waals surface area contributed by atoms with Crippen LogP contribution in [0.3, 0.4) is 0 Å². The Hall–Kier alpha value is -2.96. The third-order valence-electron chi connectivity index (χ3n) is 3.79. The fourth-order valence-electron chi connectivity index (χ4n) is 2.62. The molecule has 1 aliphatic heterocycles. The maximum Gasteiger partial charge on any atom is 0.260 e. The first-order valence-electron chi connectivity index (χ1n) is 7.10. The van der Waals surface area contributed by atoms with Crippen LogP contribution in [-0.4, -0.2) is 29.2 Å². The van der Waals surface area contributed by atoms with Gasteiger partial charge in [0.15, 0.2) is 0 Å². The van der Waals surface area contributed by atoms with Crippen LogP contribution in [0.2, 0.25) is 0 Å². The Labute approximate surface area is 130 Å². The summed E-state index contributed by atoms with van der Waals surface area (Å²) < 4.78 is 23.8. The summed E-state index contributed by atoms with van der Waals surface area (Å²) in [5.41, 5.74) is 2.03.